The Hall–Kier alpha value is -1.10. The van der Waals surface area contributed by atoms with E-state index in [1.165, 1.54) is 6.07 Å². The number of rotatable bonds is 3. The van der Waals surface area contributed by atoms with Crippen LogP contribution in [0.3, 0.4) is 0 Å². The third-order valence-electron chi connectivity index (χ3n) is 2.19. The van der Waals surface area contributed by atoms with Crippen LogP contribution in [0.15, 0.2) is 18.2 Å². The molecule has 16 heavy (non-hydrogen) atoms. The van der Waals surface area contributed by atoms with Crippen LogP contribution in [0.4, 0.5) is 17.6 Å². The van der Waals surface area contributed by atoms with Crippen LogP contribution < -0.4 is 0 Å². The van der Waals surface area contributed by atoms with Gasteiger partial charge in [-0.1, -0.05) is 6.07 Å². The number of aliphatic hydroxyl groups excluding tert-OH is 1. The van der Waals surface area contributed by atoms with Gasteiger partial charge in [0.05, 0.1) is 11.7 Å². The summed E-state index contributed by atoms with van der Waals surface area (Å²) in [5.41, 5.74) is -0.806. The van der Waals surface area contributed by atoms with Crippen LogP contribution in [-0.2, 0) is 12.6 Å². The van der Waals surface area contributed by atoms with Crippen molar-refractivity contribution in [3.63, 3.8) is 0 Å². The predicted octanol–water partition coefficient (Wildman–Crippen LogP) is 3.16. The zero-order valence-corrected chi connectivity index (χ0v) is 8.68. The summed E-state index contributed by atoms with van der Waals surface area (Å²) in [6.07, 6.45) is -4.46. The molecule has 5 heteroatoms. The summed E-state index contributed by atoms with van der Waals surface area (Å²) < 4.78 is 49.7. The maximum Gasteiger partial charge on any atom is 0.419 e. The summed E-state index contributed by atoms with van der Waals surface area (Å²) in [5.74, 6) is -1.27. The summed E-state index contributed by atoms with van der Waals surface area (Å²) in [5, 5.41) is 8.99. The topological polar surface area (TPSA) is 20.2 Å². The quantitative estimate of drug-likeness (QED) is 0.799. The number of alkyl halides is 3. The molecule has 0 bridgehead atoms. The van der Waals surface area contributed by atoms with Gasteiger partial charge in [-0.15, -0.1) is 0 Å². The Morgan fingerprint density at radius 1 is 1.31 bits per heavy atom. The zero-order chi connectivity index (χ0) is 12.3. The maximum absolute atomic E-state index is 13.1. The third kappa shape index (κ3) is 3.48. The Morgan fingerprint density at radius 3 is 2.38 bits per heavy atom. The van der Waals surface area contributed by atoms with Crippen molar-refractivity contribution in [1.82, 2.24) is 0 Å². The normalized spacial score (nSPS) is 13.9. The molecule has 0 saturated carbocycles. The average Bonchev–Trinajstić information content (AvgIpc) is 2.12. The summed E-state index contributed by atoms with van der Waals surface area (Å²) in [6, 6.07) is 2.83. The Labute approximate surface area is 90.7 Å². The predicted molar refractivity (Wildman–Crippen MR) is 51.4 cm³/mol. The minimum atomic E-state index is -4.66. The van der Waals surface area contributed by atoms with Crippen molar-refractivity contribution < 1.29 is 22.7 Å². The fourth-order valence-electron chi connectivity index (χ4n) is 1.32. The maximum atomic E-state index is 13.1. The number of aliphatic hydroxyl groups is 1. The van der Waals surface area contributed by atoms with Gasteiger partial charge in [0.1, 0.15) is 5.82 Å². The van der Waals surface area contributed by atoms with Gasteiger partial charge >= 0.3 is 6.18 Å². The molecule has 0 heterocycles. The second-order valence-corrected chi connectivity index (χ2v) is 3.70. The molecule has 0 spiro atoms. The van der Waals surface area contributed by atoms with E-state index in [2.05, 4.69) is 0 Å². The van der Waals surface area contributed by atoms with Gasteiger partial charge < -0.3 is 5.11 Å². The highest BCUT2D eigenvalue weighted by Gasteiger charge is 2.33. The van der Waals surface area contributed by atoms with E-state index in [4.69, 9.17) is 5.11 Å². The molecule has 0 aliphatic heterocycles. The average molecular weight is 236 g/mol. The van der Waals surface area contributed by atoms with E-state index in [-0.39, 0.29) is 0 Å². The summed E-state index contributed by atoms with van der Waals surface area (Å²) in [6.45, 7) is 1.57. The molecule has 90 valence electrons. The van der Waals surface area contributed by atoms with Gasteiger partial charge in [-0.2, -0.15) is 13.2 Å². The van der Waals surface area contributed by atoms with Crippen LogP contribution in [0, 0.1) is 5.82 Å². The van der Waals surface area contributed by atoms with Gasteiger partial charge in [-0.05, 0) is 37.5 Å². The molecule has 0 saturated heterocycles. The highest BCUT2D eigenvalue weighted by molar-refractivity contribution is 5.26. The van der Waals surface area contributed by atoms with E-state index in [1.807, 2.05) is 0 Å². The largest absolute Gasteiger partial charge is 0.419 e. The fraction of sp³-hybridized carbons (Fsp3) is 0.455. The fourth-order valence-corrected chi connectivity index (χ4v) is 1.32. The van der Waals surface area contributed by atoms with Crippen molar-refractivity contribution >= 4 is 0 Å². The first-order valence-corrected chi connectivity index (χ1v) is 4.84. The molecule has 0 aliphatic rings. The Kier molecular flexibility index (Phi) is 3.91. The second kappa shape index (κ2) is 4.82. The lowest BCUT2D eigenvalue weighted by Gasteiger charge is -2.09. The molecule has 1 atom stereocenters. The van der Waals surface area contributed by atoms with Crippen molar-refractivity contribution in [2.75, 3.05) is 0 Å². The lowest BCUT2D eigenvalue weighted by molar-refractivity contribution is -0.140. The Bertz CT molecular complexity index is 357. The van der Waals surface area contributed by atoms with E-state index < -0.39 is 23.7 Å². The van der Waals surface area contributed by atoms with Crippen LogP contribution >= 0.6 is 0 Å². The molecule has 0 unspecified atom stereocenters. The monoisotopic (exact) mass is 236 g/mol. The summed E-state index contributed by atoms with van der Waals surface area (Å²) in [4.78, 5) is 0. The molecule has 1 nitrogen and oxygen atoms in total. The highest BCUT2D eigenvalue weighted by Crippen LogP contribution is 2.31. The van der Waals surface area contributed by atoms with Crippen LogP contribution in [0.1, 0.15) is 24.5 Å². The van der Waals surface area contributed by atoms with Crippen LogP contribution in [-0.4, -0.2) is 11.2 Å². The molecule has 1 N–H and O–H groups in total. The van der Waals surface area contributed by atoms with E-state index in [1.54, 1.807) is 6.92 Å². The van der Waals surface area contributed by atoms with Crippen molar-refractivity contribution in [2.24, 2.45) is 0 Å². The van der Waals surface area contributed by atoms with Crippen molar-refractivity contribution in [1.29, 1.82) is 0 Å². The van der Waals surface area contributed by atoms with Crippen molar-refractivity contribution in [3.8, 4) is 0 Å². The SMILES string of the molecule is C[C@@H](O)CCc1ccc(C(F)(F)F)c(F)c1. The molecular formula is C11H12F4O. The van der Waals surface area contributed by atoms with Crippen LogP contribution in [0.2, 0.25) is 0 Å². The first kappa shape index (κ1) is 13.0. The molecule has 0 fully saturated rings. The summed E-state index contributed by atoms with van der Waals surface area (Å²) in [7, 11) is 0. The molecule has 1 rings (SSSR count). The number of halogens is 4. The van der Waals surface area contributed by atoms with Gasteiger partial charge in [0.25, 0.3) is 0 Å². The molecule has 1 aromatic carbocycles. The third-order valence-corrected chi connectivity index (χ3v) is 2.19. The van der Waals surface area contributed by atoms with Crippen molar-refractivity contribution in [3.05, 3.63) is 35.1 Å². The van der Waals surface area contributed by atoms with E-state index in [9.17, 15) is 17.6 Å². The molecule has 1 aromatic rings. The second-order valence-electron chi connectivity index (χ2n) is 3.70. The van der Waals surface area contributed by atoms with Gasteiger partial charge in [0.15, 0.2) is 0 Å². The number of hydrogen-bond acceptors (Lipinski definition) is 1. The van der Waals surface area contributed by atoms with Gasteiger partial charge in [-0.3, -0.25) is 0 Å². The zero-order valence-electron chi connectivity index (χ0n) is 8.68. The molecule has 0 radical (unpaired) electrons. The lowest BCUT2D eigenvalue weighted by atomic mass is 10.0. The highest BCUT2D eigenvalue weighted by atomic mass is 19.4. The Balaban J connectivity index is 2.83. The molecule has 0 amide bonds. The lowest BCUT2D eigenvalue weighted by Crippen LogP contribution is -2.09. The van der Waals surface area contributed by atoms with E-state index in [0.29, 0.717) is 18.4 Å². The first-order valence-electron chi connectivity index (χ1n) is 4.84. The standard InChI is InChI=1S/C11H12F4O/c1-7(16)2-3-8-4-5-9(10(12)6-8)11(13,14)15/h4-7,16H,2-3H2,1H3/t7-/m1/s1. The van der Waals surface area contributed by atoms with E-state index >= 15 is 0 Å². The minimum absolute atomic E-state index is 0.354. The number of benzene rings is 1. The number of hydrogen-bond donors (Lipinski definition) is 1. The first-order chi connectivity index (χ1) is 7.30. The van der Waals surface area contributed by atoms with Crippen LogP contribution in [0.5, 0.6) is 0 Å². The van der Waals surface area contributed by atoms with Crippen LogP contribution in [0.25, 0.3) is 0 Å². The van der Waals surface area contributed by atoms with Gasteiger partial charge in [0, 0.05) is 0 Å². The molecule has 0 aliphatic carbocycles. The molecule has 0 aromatic heterocycles. The number of aryl methyl sites for hydroxylation is 1. The van der Waals surface area contributed by atoms with Gasteiger partial charge in [0.2, 0.25) is 0 Å². The van der Waals surface area contributed by atoms with Gasteiger partial charge in [-0.25, -0.2) is 4.39 Å². The van der Waals surface area contributed by atoms with Crippen molar-refractivity contribution in [2.45, 2.75) is 32.0 Å². The molecular weight excluding hydrogens is 224 g/mol. The smallest absolute Gasteiger partial charge is 0.393 e. The summed E-state index contributed by atoms with van der Waals surface area (Å²) >= 11 is 0. The minimum Gasteiger partial charge on any atom is -0.393 e. The van der Waals surface area contributed by atoms with E-state index in [0.717, 1.165) is 12.1 Å². The Morgan fingerprint density at radius 2 is 1.94 bits per heavy atom.